The van der Waals surface area contributed by atoms with Crippen LogP contribution in [0.15, 0.2) is 33.9 Å². The lowest BCUT2D eigenvalue weighted by Crippen LogP contribution is -2.43. The number of carbonyl (C=O) groups is 1. The number of alkyl halides is 3. The van der Waals surface area contributed by atoms with E-state index in [1.54, 1.807) is 26.8 Å². The number of unbranched alkanes of at least 4 members (excludes halogenated alkanes) is 4. The van der Waals surface area contributed by atoms with E-state index in [9.17, 15) is 27.6 Å². The molecule has 2 aromatic rings. The molecule has 0 bridgehead atoms. The van der Waals surface area contributed by atoms with Crippen LogP contribution in [0.4, 0.5) is 13.2 Å². The Morgan fingerprint density at radius 1 is 0.950 bits per heavy atom. The molecule has 0 radical (unpaired) electrons. The largest absolute Gasteiger partial charge is 0.476 e. The molecule has 0 spiro atoms. The Kier molecular flexibility index (Phi) is 12.9. The van der Waals surface area contributed by atoms with Gasteiger partial charge >= 0.3 is 17.8 Å². The fraction of sp³-hybridized carbons (Fsp3) is 0.655. The minimum atomic E-state index is -4.35. The second-order valence-corrected chi connectivity index (χ2v) is 10.4. The van der Waals surface area contributed by atoms with Crippen LogP contribution < -0.4 is 16.0 Å². The zero-order valence-electron chi connectivity index (χ0n) is 24.0. The predicted octanol–water partition coefficient (Wildman–Crippen LogP) is 5.61. The number of halogens is 3. The first-order valence-electron chi connectivity index (χ1n) is 14.1. The van der Waals surface area contributed by atoms with Gasteiger partial charge in [-0.15, -0.1) is 0 Å². The molecule has 0 amide bonds. The summed E-state index contributed by atoms with van der Waals surface area (Å²) in [5.74, 6) is 0.0786. The van der Waals surface area contributed by atoms with E-state index in [1.165, 1.54) is 4.68 Å². The normalized spacial score (nSPS) is 12.0. The Hall–Kier alpha value is -3.11. The summed E-state index contributed by atoms with van der Waals surface area (Å²) >= 11 is 0. The number of rotatable bonds is 17. The minimum Gasteiger partial charge on any atom is -0.476 e. The van der Waals surface area contributed by atoms with Gasteiger partial charge in [0, 0.05) is 19.5 Å². The Labute approximate surface area is 233 Å². The maximum absolute atomic E-state index is 12.9. The maximum atomic E-state index is 12.9. The van der Waals surface area contributed by atoms with Gasteiger partial charge in [-0.3, -0.25) is 9.36 Å². The average molecular weight is 570 g/mol. The minimum absolute atomic E-state index is 0.219. The van der Waals surface area contributed by atoms with Crippen molar-refractivity contribution in [3.05, 3.63) is 56.4 Å². The third-order valence-corrected chi connectivity index (χ3v) is 6.42. The summed E-state index contributed by atoms with van der Waals surface area (Å²) in [4.78, 5) is 37.9. The summed E-state index contributed by atoms with van der Waals surface area (Å²) in [5, 5.41) is 4.30. The molecule has 11 heteroatoms. The van der Waals surface area contributed by atoms with Crippen LogP contribution in [0, 0.1) is 0 Å². The molecule has 8 nitrogen and oxygen atoms in total. The second kappa shape index (κ2) is 15.6. The highest BCUT2D eigenvalue weighted by Gasteiger charge is 2.31. The zero-order chi connectivity index (χ0) is 29.8. The van der Waals surface area contributed by atoms with E-state index in [1.807, 2.05) is 18.2 Å². The highest BCUT2D eigenvalue weighted by Crippen LogP contribution is 2.22. The first kappa shape index (κ1) is 33.1. The lowest BCUT2D eigenvalue weighted by molar-refractivity contribution is -0.158. The van der Waals surface area contributed by atoms with Gasteiger partial charge in [0.2, 0.25) is 0 Å². The monoisotopic (exact) mass is 569 g/mol. The van der Waals surface area contributed by atoms with Crippen molar-refractivity contribution in [2.75, 3.05) is 6.61 Å². The summed E-state index contributed by atoms with van der Waals surface area (Å²) in [6, 6.07) is 7.38. The van der Waals surface area contributed by atoms with E-state index >= 15 is 0 Å². The fourth-order valence-corrected chi connectivity index (χ4v) is 4.27. The quantitative estimate of drug-likeness (QED) is 0.182. The number of hydrogen-bond donors (Lipinski definition) is 0. The van der Waals surface area contributed by atoms with Crippen molar-refractivity contribution in [2.24, 2.45) is 0 Å². The predicted molar refractivity (Wildman–Crippen MR) is 147 cm³/mol. The summed E-state index contributed by atoms with van der Waals surface area (Å²) in [7, 11) is 0. The number of aromatic nitrogens is 3. The van der Waals surface area contributed by atoms with E-state index in [-0.39, 0.29) is 31.8 Å². The lowest BCUT2D eigenvalue weighted by Gasteiger charge is -2.24. The van der Waals surface area contributed by atoms with E-state index in [4.69, 9.17) is 9.47 Å². The summed E-state index contributed by atoms with van der Waals surface area (Å²) in [5.41, 5.74) is -1.22. The first-order valence-corrected chi connectivity index (χ1v) is 14.1. The molecule has 1 heterocycles. The van der Waals surface area contributed by atoms with Crippen molar-refractivity contribution in [3.8, 4) is 5.75 Å². The van der Waals surface area contributed by atoms with Crippen LogP contribution in [0.25, 0.3) is 0 Å². The standard InChI is InChI=1S/C29H42F3N3O5/c1-5-7-8-9-17-24-25(36)34(19-13-18-29(30,31)32)27(38)35(33-24)20-11-10-14-22-15-12-16-23(21-22)40-28(3,4)26(37)39-6-2/h12,15-16,21H,5-11,13-14,17-20H2,1-4H3. The van der Waals surface area contributed by atoms with Gasteiger partial charge in [0.05, 0.1) is 6.61 Å². The number of hydrogen-bond acceptors (Lipinski definition) is 6. The third kappa shape index (κ3) is 10.8. The molecular weight excluding hydrogens is 527 g/mol. The SMILES string of the molecule is CCCCCCc1nn(CCCCc2cccc(OC(C)(C)C(=O)OCC)c2)c(=O)n(CCCC(F)(F)F)c1=O. The summed E-state index contributed by atoms with van der Waals surface area (Å²) < 4.78 is 51.0. The number of carbonyl (C=O) groups excluding carboxylic acids is 1. The van der Waals surface area contributed by atoms with Gasteiger partial charge < -0.3 is 9.47 Å². The van der Waals surface area contributed by atoms with Crippen molar-refractivity contribution >= 4 is 5.97 Å². The first-order chi connectivity index (χ1) is 18.9. The van der Waals surface area contributed by atoms with E-state index in [2.05, 4.69) is 12.0 Å². The number of esters is 1. The Bertz CT molecular complexity index is 1200. The van der Waals surface area contributed by atoms with E-state index in [0.717, 1.165) is 35.8 Å². The van der Waals surface area contributed by atoms with Crippen molar-refractivity contribution < 1.29 is 27.4 Å². The van der Waals surface area contributed by atoms with Crippen molar-refractivity contribution in [1.82, 2.24) is 14.3 Å². The van der Waals surface area contributed by atoms with Gasteiger partial charge in [-0.25, -0.2) is 14.3 Å². The molecular formula is C29H42F3N3O5. The van der Waals surface area contributed by atoms with Crippen LogP contribution >= 0.6 is 0 Å². The van der Waals surface area contributed by atoms with Crippen LogP contribution in [0.2, 0.25) is 0 Å². The molecule has 1 aromatic heterocycles. The van der Waals surface area contributed by atoms with E-state index in [0.29, 0.717) is 31.4 Å². The maximum Gasteiger partial charge on any atom is 0.389 e. The number of benzene rings is 1. The molecule has 0 aliphatic rings. The molecule has 2 rings (SSSR count). The molecule has 0 atom stereocenters. The van der Waals surface area contributed by atoms with Gasteiger partial charge in [0.15, 0.2) is 5.60 Å². The highest BCUT2D eigenvalue weighted by atomic mass is 19.4. The van der Waals surface area contributed by atoms with Crippen LogP contribution in [-0.2, 0) is 35.5 Å². The molecule has 0 fully saturated rings. The molecule has 0 aliphatic heterocycles. The molecule has 0 saturated heterocycles. The summed E-state index contributed by atoms with van der Waals surface area (Å²) in [6.45, 7) is 7.29. The molecule has 0 N–H and O–H groups in total. The number of ether oxygens (including phenoxy) is 2. The number of aryl methyl sites for hydroxylation is 3. The number of nitrogens with zero attached hydrogens (tertiary/aromatic N) is 3. The van der Waals surface area contributed by atoms with Crippen LogP contribution in [-0.4, -0.2) is 38.7 Å². The van der Waals surface area contributed by atoms with Crippen LogP contribution in [0.3, 0.4) is 0 Å². The van der Waals surface area contributed by atoms with Crippen molar-refractivity contribution in [2.45, 2.75) is 117 Å². The van der Waals surface area contributed by atoms with Crippen LogP contribution in [0.5, 0.6) is 5.75 Å². The summed E-state index contributed by atoms with van der Waals surface area (Å²) in [6.07, 6.45) is 0.214. The molecule has 0 unspecified atom stereocenters. The van der Waals surface area contributed by atoms with Gasteiger partial charge in [-0.05, 0) is 77.0 Å². The molecule has 40 heavy (non-hydrogen) atoms. The molecule has 0 saturated carbocycles. The lowest BCUT2D eigenvalue weighted by atomic mass is 10.1. The topological polar surface area (TPSA) is 92.4 Å². The smallest absolute Gasteiger partial charge is 0.389 e. The molecule has 0 aliphatic carbocycles. The van der Waals surface area contributed by atoms with Crippen LogP contribution in [0.1, 0.15) is 90.3 Å². The van der Waals surface area contributed by atoms with Gasteiger partial charge in [0.1, 0.15) is 11.4 Å². The zero-order valence-corrected chi connectivity index (χ0v) is 24.0. The van der Waals surface area contributed by atoms with Gasteiger partial charge in [-0.1, -0.05) is 38.3 Å². The second-order valence-electron chi connectivity index (χ2n) is 10.4. The van der Waals surface area contributed by atoms with Gasteiger partial charge in [-0.2, -0.15) is 18.3 Å². The van der Waals surface area contributed by atoms with E-state index < -0.39 is 35.4 Å². The Balaban J connectivity index is 2.08. The van der Waals surface area contributed by atoms with Gasteiger partial charge in [0.25, 0.3) is 5.56 Å². The Morgan fingerprint density at radius 2 is 1.68 bits per heavy atom. The highest BCUT2D eigenvalue weighted by molar-refractivity contribution is 5.79. The fourth-order valence-electron chi connectivity index (χ4n) is 4.27. The third-order valence-electron chi connectivity index (χ3n) is 6.42. The molecule has 224 valence electrons. The van der Waals surface area contributed by atoms with Crippen molar-refractivity contribution in [3.63, 3.8) is 0 Å². The Morgan fingerprint density at radius 3 is 2.35 bits per heavy atom. The molecule has 1 aromatic carbocycles. The van der Waals surface area contributed by atoms with Crippen molar-refractivity contribution in [1.29, 1.82) is 0 Å². The average Bonchev–Trinajstić information content (AvgIpc) is 2.88.